The van der Waals surface area contributed by atoms with Gasteiger partial charge < -0.3 is 4.84 Å². The molecule has 0 saturated carbocycles. The highest BCUT2D eigenvalue weighted by atomic mass is 16.7. The standard InChI is InChI=1S/C5H10N2O/c6-5-8-7-3-1-2-4-7/h5-6H,1-4H2. The van der Waals surface area contributed by atoms with Crippen LogP contribution in [0, 0.1) is 5.41 Å². The first-order valence-corrected chi connectivity index (χ1v) is 2.84. The average Bonchev–Trinajstić information content (AvgIpc) is 2.19. The highest BCUT2D eigenvalue weighted by Gasteiger charge is 2.10. The Hall–Kier alpha value is -0.570. The zero-order chi connectivity index (χ0) is 5.82. The summed E-state index contributed by atoms with van der Waals surface area (Å²) in [5.41, 5.74) is 0. The van der Waals surface area contributed by atoms with Gasteiger partial charge in [0.05, 0.1) is 0 Å². The van der Waals surface area contributed by atoms with Gasteiger partial charge in [-0.05, 0) is 12.8 Å². The van der Waals surface area contributed by atoms with Gasteiger partial charge in [-0.3, -0.25) is 5.41 Å². The molecule has 1 N–H and O–H groups in total. The third-order valence-electron chi connectivity index (χ3n) is 1.27. The first-order valence-electron chi connectivity index (χ1n) is 2.84. The lowest BCUT2D eigenvalue weighted by molar-refractivity contribution is -0.0431. The normalized spacial score (nSPS) is 21.0. The minimum absolute atomic E-state index is 0.978. The molecule has 0 aliphatic carbocycles. The summed E-state index contributed by atoms with van der Waals surface area (Å²) in [6.07, 6.45) is 3.38. The summed E-state index contributed by atoms with van der Waals surface area (Å²) in [5.74, 6) is 0. The monoisotopic (exact) mass is 114 g/mol. The van der Waals surface area contributed by atoms with Gasteiger partial charge in [0, 0.05) is 13.1 Å². The van der Waals surface area contributed by atoms with E-state index < -0.39 is 0 Å². The molecule has 1 aliphatic rings. The third kappa shape index (κ3) is 1.20. The zero-order valence-corrected chi connectivity index (χ0v) is 4.76. The molecule has 1 aliphatic heterocycles. The molecule has 46 valence electrons. The number of nitrogens with one attached hydrogen (secondary N) is 1. The van der Waals surface area contributed by atoms with Crippen LogP contribution in [0.25, 0.3) is 0 Å². The maximum absolute atomic E-state index is 6.58. The highest BCUT2D eigenvalue weighted by Crippen LogP contribution is 2.05. The van der Waals surface area contributed by atoms with E-state index in [2.05, 4.69) is 0 Å². The van der Waals surface area contributed by atoms with Gasteiger partial charge >= 0.3 is 0 Å². The van der Waals surface area contributed by atoms with Gasteiger partial charge in [0.25, 0.3) is 0 Å². The third-order valence-corrected chi connectivity index (χ3v) is 1.27. The second kappa shape index (κ2) is 2.67. The van der Waals surface area contributed by atoms with Gasteiger partial charge in [0.1, 0.15) is 0 Å². The van der Waals surface area contributed by atoms with Crippen LogP contribution < -0.4 is 0 Å². The summed E-state index contributed by atoms with van der Waals surface area (Å²) in [7, 11) is 0. The minimum Gasteiger partial charge on any atom is -0.394 e. The van der Waals surface area contributed by atoms with Crippen molar-refractivity contribution < 1.29 is 4.84 Å². The Morgan fingerprint density at radius 1 is 1.38 bits per heavy atom. The Balaban J connectivity index is 2.14. The number of hydrogen-bond acceptors (Lipinski definition) is 3. The highest BCUT2D eigenvalue weighted by molar-refractivity contribution is 5.40. The predicted molar refractivity (Wildman–Crippen MR) is 30.7 cm³/mol. The van der Waals surface area contributed by atoms with Gasteiger partial charge in [-0.1, -0.05) is 0 Å². The molecule has 8 heavy (non-hydrogen) atoms. The van der Waals surface area contributed by atoms with E-state index in [0.717, 1.165) is 19.5 Å². The van der Waals surface area contributed by atoms with Crippen molar-refractivity contribution in [3.8, 4) is 0 Å². The van der Waals surface area contributed by atoms with Crippen molar-refractivity contribution in [2.75, 3.05) is 13.1 Å². The van der Waals surface area contributed by atoms with E-state index in [0.29, 0.717) is 0 Å². The summed E-state index contributed by atoms with van der Waals surface area (Å²) >= 11 is 0. The summed E-state index contributed by atoms with van der Waals surface area (Å²) in [4.78, 5) is 4.78. The molecule has 0 amide bonds. The van der Waals surface area contributed by atoms with Crippen LogP contribution in [0.15, 0.2) is 0 Å². The molecule has 1 fully saturated rings. The SMILES string of the molecule is N=CON1CCCC1. The average molecular weight is 114 g/mol. The van der Waals surface area contributed by atoms with Gasteiger partial charge in [0.2, 0.25) is 0 Å². The molecule has 0 unspecified atom stereocenters. The summed E-state index contributed by atoms with van der Waals surface area (Å²) in [6, 6.07) is 0. The molecule has 0 spiro atoms. The van der Waals surface area contributed by atoms with Crippen LogP contribution in [0.4, 0.5) is 0 Å². The Morgan fingerprint density at radius 2 is 2.00 bits per heavy atom. The van der Waals surface area contributed by atoms with Crippen molar-refractivity contribution in [2.24, 2.45) is 0 Å². The molecule has 0 bridgehead atoms. The molecule has 0 atom stereocenters. The van der Waals surface area contributed by atoms with Crippen molar-refractivity contribution in [1.82, 2.24) is 5.06 Å². The van der Waals surface area contributed by atoms with Crippen LogP contribution in [0.5, 0.6) is 0 Å². The maximum Gasteiger partial charge on any atom is 0.193 e. The first-order chi connectivity index (χ1) is 3.93. The van der Waals surface area contributed by atoms with Gasteiger partial charge in [0.15, 0.2) is 6.40 Å². The maximum atomic E-state index is 6.58. The molecular weight excluding hydrogens is 104 g/mol. The van der Waals surface area contributed by atoms with E-state index >= 15 is 0 Å². The lowest BCUT2D eigenvalue weighted by Gasteiger charge is -2.09. The number of hydrogen-bond donors (Lipinski definition) is 1. The fourth-order valence-electron chi connectivity index (χ4n) is 0.868. The molecule has 1 rings (SSSR count). The van der Waals surface area contributed by atoms with Crippen molar-refractivity contribution in [3.05, 3.63) is 0 Å². The van der Waals surface area contributed by atoms with E-state index in [9.17, 15) is 0 Å². The van der Waals surface area contributed by atoms with Gasteiger partial charge in [-0.25, -0.2) is 0 Å². The zero-order valence-electron chi connectivity index (χ0n) is 4.76. The van der Waals surface area contributed by atoms with E-state index in [4.69, 9.17) is 10.2 Å². The lowest BCUT2D eigenvalue weighted by atomic mass is 10.4. The molecule has 0 radical (unpaired) electrons. The second-order valence-electron chi connectivity index (χ2n) is 1.86. The molecule has 1 heterocycles. The van der Waals surface area contributed by atoms with E-state index in [-0.39, 0.29) is 0 Å². The summed E-state index contributed by atoms with van der Waals surface area (Å²) < 4.78 is 0. The lowest BCUT2D eigenvalue weighted by Crippen LogP contribution is -2.18. The first kappa shape index (κ1) is 5.56. The molecule has 3 heteroatoms. The minimum atomic E-state index is 0.978. The van der Waals surface area contributed by atoms with Crippen molar-refractivity contribution >= 4 is 6.40 Å². The smallest absolute Gasteiger partial charge is 0.193 e. The molecule has 0 aromatic rings. The van der Waals surface area contributed by atoms with Crippen LogP contribution in [0.1, 0.15) is 12.8 Å². The topological polar surface area (TPSA) is 36.3 Å². The Morgan fingerprint density at radius 3 is 2.50 bits per heavy atom. The van der Waals surface area contributed by atoms with E-state index in [1.54, 1.807) is 5.06 Å². The van der Waals surface area contributed by atoms with Crippen molar-refractivity contribution in [3.63, 3.8) is 0 Å². The predicted octanol–water partition coefficient (Wildman–Crippen LogP) is 0.621. The molecule has 0 aromatic heterocycles. The van der Waals surface area contributed by atoms with Crippen LogP contribution in [0.2, 0.25) is 0 Å². The Labute approximate surface area is 48.7 Å². The summed E-state index contributed by atoms with van der Waals surface area (Å²) in [5, 5.41) is 8.38. The summed E-state index contributed by atoms with van der Waals surface area (Å²) in [6.45, 7) is 1.96. The van der Waals surface area contributed by atoms with Crippen LogP contribution in [-0.4, -0.2) is 24.6 Å². The van der Waals surface area contributed by atoms with Crippen molar-refractivity contribution in [2.45, 2.75) is 12.8 Å². The quantitative estimate of drug-likeness (QED) is 0.422. The second-order valence-corrected chi connectivity index (χ2v) is 1.86. The molecule has 3 nitrogen and oxygen atoms in total. The largest absolute Gasteiger partial charge is 0.394 e. The number of nitrogens with zero attached hydrogens (tertiary/aromatic N) is 1. The van der Waals surface area contributed by atoms with Crippen LogP contribution in [0.3, 0.4) is 0 Å². The number of hydroxylamine groups is 2. The fourth-order valence-corrected chi connectivity index (χ4v) is 0.868. The number of rotatable bonds is 2. The Bertz CT molecular complexity index is 78.5. The molecule has 0 aromatic carbocycles. The fraction of sp³-hybridized carbons (Fsp3) is 0.800. The Kier molecular flexibility index (Phi) is 1.86. The van der Waals surface area contributed by atoms with Crippen molar-refractivity contribution in [1.29, 1.82) is 5.41 Å². The van der Waals surface area contributed by atoms with Gasteiger partial charge in [-0.15, -0.1) is 5.06 Å². The van der Waals surface area contributed by atoms with Crippen LogP contribution >= 0.6 is 0 Å². The molecule has 1 saturated heterocycles. The van der Waals surface area contributed by atoms with Gasteiger partial charge in [-0.2, -0.15) is 0 Å². The van der Waals surface area contributed by atoms with E-state index in [1.807, 2.05) is 0 Å². The molecular formula is C5H10N2O. The van der Waals surface area contributed by atoms with Crippen LogP contribution in [-0.2, 0) is 4.84 Å². The van der Waals surface area contributed by atoms with E-state index in [1.165, 1.54) is 12.8 Å².